The van der Waals surface area contributed by atoms with E-state index in [1.165, 1.54) is 12.8 Å². The highest BCUT2D eigenvalue weighted by molar-refractivity contribution is 7.15. The van der Waals surface area contributed by atoms with Gasteiger partial charge in [0, 0.05) is 33.8 Å². The second-order valence-corrected chi connectivity index (χ2v) is 6.08. The zero-order valence-electron chi connectivity index (χ0n) is 12.1. The lowest BCUT2D eigenvalue weighted by Crippen LogP contribution is -2.36. The van der Waals surface area contributed by atoms with Gasteiger partial charge in [-0.25, -0.2) is 0 Å². The van der Waals surface area contributed by atoms with Crippen LogP contribution in [0.25, 0.3) is 0 Å². The quantitative estimate of drug-likeness (QED) is 0.864. The summed E-state index contributed by atoms with van der Waals surface area (Å²) in [6.07, 6.45) is 3.91. The van der Waals surface area contributed by atoms with E-state index in [0.717, 1.165) is 28.9 Å². The lowest BCUT2D eigenvalue weighted by Gasteiger charge is -2.19. The van der Waals surface area contributed by atoms with E-state index in [1.54, 1.807) is 25.6 Å². The van der Waals surface area contributed by atoms with Crippen molar-refractivity contribution in [3.05, 3.63) is 4.88 Å². The second kappa shape index (κ2) is 6.54. The first-order valence-corrected chi connectivity index (χ1v) is 7.44. The van der Waals surface area contributed by atoms with Gasteiger partial charge in [0.1, 0.15) is 0 Å². The molecule has 0 radical (unpaired) electrons. The number of hydrogen-bond donors (Lipinski definition) is 1. The van der Waals surface area contributed by atoms with E-state index >= 15 is 0 Å². The third-order valence-electron chi connectivity index (χ3n) is 3.51. The number of methoxy groups -OCH3 is 2. The van der Waals surface area contributed by atoms with Crippen LogP contribution in [0.3, 0.4) is 0 Å². The van der Waals surface area contributed by atoms with Gasteiger partial charge in [0.2, 0.25) is 5.88 Å². The Bertz CT molecular complexity index is 409. The third-order valence-corrected chi connectivity index (χ3v) is 4.71. The maximum Gasteiger partial charge on any atom is 0.230 e. The molecule has 19 heavy (non-hydrogen) atoms. The Balaban J connectivity index is 1.98. The molecule has 0 aliphatic heterocycles. The molecule has 0 amide bonds. The molecule has 6 heteroatoms. The Morgan fingerprint density at radius 1 is 1.37 bits per heavy atom. The van der Waals surface area contributed by atoms with Gasteiger partial charge in [-0.15, -0.1) is 0 Å². The fraction of sp³-hybridized carbons (Fsp3) is 0.769. The second-order valence-electron chi connectivity index (χ2n) is 5.02. The van der Waals surface area contributed by atoms with E-state index in [0.29, 0.717) is 12.1 Å². The molecule has 2 rings (SSSR count). The van der Waals surface area contributed by atoms with Crippen LogP contribution in [-0.4, -0.2) is 45.4 Å². The molecule has 1 aromatic heterocycles. The molecule has 0 bridgehead atoms. The summed E-state index contributed by atoms with van der Waals surface area (Å²) in [6, 6.07) is 0.444. The number of hydrogen-bond acceptors (Lipinski definition) is 6. The average Bonchev–Trinajstić information content (AvgIpc) is 3.02. The summed E-state index contributed by atoms with van der Waals surface area (Å²) in [5.41, 5.74) is 0. The van der Waals surface area contributed by atoms with Gasteiger partial charge in [-0.3, -0.25) is 0 Å². The van der Waals surface area contributed by atoms with E-state index in [4.69, 9.17) is 9.47 Å². The van der Waals surface area contributed by atoms with E-state index in [9.17, 15) is 0 Å². The van der Waals surface area contributed by atoms with Gasteiger partial charge in [-0.1, -0.05) is 11.3 Å². The number of anilines is 1. The smallest absolute Gasteiger partial charge is 0.230 e. The molecule has 0 saturated heterocycles. The molecular weight excluding hydrogens is 262 g/mol. The SMILES string of the molecule is COc1nc(N(C)C)sc1CNC1CCCC1OC. The minimum Gasteiger partial charge on any atom is -0.480 e. The Labute approximate surface area is 118 Å². The number of rotatable bonds is 6. The van der Waals surface area contributed by atoms with Crippen LogP contribution in [0.15, 0.2) is 0 Å². The largest absolute Gasteiger partial charge is 0.480 e. The molecular formula is C13H23N3O2S. The van der Waals surface area contributed by atoms with Crippen molar-refractivity contribution < 1.29 is 9.47 Å². The van der Waals surface area contributed by atoms with E-state index in [-0.39, 0.29) is 0 Å². The molecule has 0 aromatic carbocycles. The highest BCUT2D eigenvalue weighted by Crippen LogP contribution is 2.31. The third kappa shape index (κ3) is 3.38. The molecule has 1 aliphatic rings. The zero-order valence-corrected chi connectivity index (χ0v) is 12.9. The molecule has 1 aliphatic carbocycles. The zero-order chi connectivity index (χ0) is 13.8. The Hall–Kier alpha value is -0.850. The van der Waals surface area contributed by atoms with Gasteiger partial charge >= 0.3 is 0 Å². The van der Waals surface area contributed by atoms with Gasteiger partial charge in [0.25, 0.3) is 0 Å². The lowest BCUT2D eigenvalue weighted by molar-refractivity contribution is 0.0847. The monoisotopic (exact) mass is 285 g/mol. The van der Waals surface area contributed by atoms with Crippen molar-refractivity contribution in [2.45, 2.75) is 38.0 Å². The van der Waals surface area contributed by atoms with E-state index < -0.39 is 0 Å². The summed E-state index contributed by atoms with van der Waals surface area (Å²) in [6.45, 7) is 0.791. The van der Waals surface area contributed by atoms with Crippen LogP contribution < -0.4 is 15.0 Å². The first-order chi connectivity index (χ1) is 9.15. The highest BCUT2D eigenvalue weighted by atomic mass is 32.1. The fourth-order valence-corrected chi connectivity index (χ4v) is 3.36. The first kappa shape index (κ1) is 14.6. The minimum atomic E-state index is 0.340. The van der Waals surface area contributed by atoms with Gasteiger partial charge in [0.05, 0.1) is 18.1 Å². The predicted molar refractivity (Wildman–Crippen MR) is 78.3 cm³/mol. The molecule has 1 aromatic rings. The number of nitrogens with zero attached hydrogens (tertiary/aromatic N) is 2. The molecule has 1 fully saturated rings. The average molecular weight is 285 g/mol. The van der Waals surface area contributed by atoms with Crippen LogP contribution in [0.5, 0.6) is 5.88 Å². The summed E-state index contributed by atoms with van der Waals surface area (Å²) in [5, 5.41) is 4.55. The van der Waals surface area contributed by atoms with Crippen LogP contribution >= 0.6 is 11.3 Å². The summed E-state index contributed by atoms with van der Waals surface area (Å²) < 4.78 is 10.8. The van der Waals surface area contributed by atoms with Crippen LogP contribution in [0.2, 0.25) is 0 Å². The Kier molecular flexibility index (Phi) is 5.01. The molecule has 1 N–H and O–H groups in total. The van der Waals surface area contributed by atoms with Crippen molar-refractivity contribution in [3.8, 4) is 5.88 Å². The van der Waals surface area contributed by atoms with Gasteiger partial charge in [-0.2, -0.15) is 4.98 Å². The lowest BCUT2D eigenvalue weighted by atomic mass is 10.2. The highest BCUT2D eigenvalue weighted by Gasteiger charge is 2.27. The molecule has 2 unspecified atom stereocenters. The number of thiazole rings is 1. The van der Waals surface area contributed by atoms with Crippen LogP contribution in [-0.2, 0) is 11.3 Å². The summed E-state index contributed by atoms with van der Waals surface area (Å²) >= 11 is 1.67. The van der Waals surface area contributed by atoms with Gasteiger partial charge in [-0.05, 0) is 19.3 Å². The first-order valence-electron chi connectivity index (χ1n) is 6.63. The number of aromatic nitrogens is 1. The standard InChI is InChI=1S/C13H23N3O2S/c1-16(2)13-15-12(18-4)11(19-13)8-14-9-6-5-7-10(9)17-3/h9-10,14H,5-8H2,1-4H3. The van der Waals surface area contributed by atoms with Crippen molar-refractivity contribution >= 4 is 16.5 Å². The summed E-state index contributed by atoms with van der Waals surface area (Å²) in [5.74, 6) is 0.730. The summed E-state index contributed by atoms with van der Waals surface area (Å²) in [4.78, 5) is 7.61. The van der Waals surface area contributed by atoms with Crippen molar-refractivity contribution in [2.24, 2.45) is 0 Å². The van der Waals surface area contributed by atoms with Gasteiger partial charge < -0.3 is 19.7 Å². The topological polar surface area (TPSA) is 46.6 Å². The maximum absolute atomic E-state index is 5.50. The van der Waals surface area contributed by atoms with Crippen molar-refractivity contribution in [3.63, 3.8) is 0 Å². The van der Waals surface area contributed by atoms with Crippen molar-refractivity contribution in [1.29, 1.82) is 0 Å². The molecule has 5 nitrogen and oxygen atoms in total. The minimum absolute atomic E-state index is 0.340. The number of nitrogens with one attached hydrogen (secondary N) is 1. The van der Waals surface area contributed by atoms with Crippen LogP contribution in [0, 0.1) is 0 Å². The van der Waals surface area contributed by atoms with Gasteiger partial charge in [0.15, 0.2) is 5.13 Å². The number of ether oxygens (including phenoxy) is 2. The van der Waals surface area contributed by atoms with Crippen LogP contribution in [0.4, 0.5) is 5.13 Å². The van der Waals surface area contributed by atoms with E-state index in [1.807, 2.05) is 19.0 Å². The summed E-state index contributed by atoms with van der Waals surface area (Å²) in [7, 11) is 7.45. The van der Waals surface area contributed by atoms with Crippen molar-refractivity contribution in [2.75, 3.05) is 33.2 Å². The molecule has 108 valence electrons. The predicted octanol–water partition coefficient (Wildman–Crippen LogP) is 1.87. The van der Waals surface area contributed by atoms with Crippen molar-refractivity contribution in [1.82, 2.24) is 10.3 Å². The molecule has 2 atom stereocenters. The Morgan fingerprint density at radius 2 is 2.16 bits per heavy atom. The van der Waals surface area contributed by atoms with E-state index in [2.05, 4.69) is 10.3 Å². The molecule has 1 saturated carbocycles. The molecule has 1 heterocycles. The normalized spacial score (nSPS) is 22.7. The Morgan fingerprint density at radius 3 is 2.79 bits per heavy atom. The molecule has 0 spiro atoms. The fourth-order valence-electron chi connectivity index (χ4n) is 2.45. The maximum atomic E-state index is 5.50. The van der Waals surface area contributed by atoms with Crippen LogP contribution in [0.1, 0.15) is 24.1 Å².